The van der Waals surface area contributed by atoms with Crippen LogP contribution in [-0.4, -0.2) is 4.86 Å². The maximum Gasteiger partial charge on any atom is 0.103 e. The number of thiocarbonyl (C=S) groups is 1. The van der Waals surface area contributed by atoms with Gasteiger partial charge >= 0.3 is 0 Å². The molecule has 122 valence electrons. The number of aryl methyl sites for hydroxylation is 1. The second-order valence-electron chi connectivity index (χ2n) is 5.20. The van der Waals surface area contributed by atoms with Crippen molar-refractivity contribution in [3.63, 3.8) is 0 Å². The summed E-state index contributed by atoms with van der Waals surface area (Å²) in [6, 6.07) is 15.5. The van der Waals surface area contributed by atoms with Crippen molar-refractivity contribution in [2.24, 2.45) is 0 Å². The fourth-order valence-corrected chi connectivity index (χ4v) is 4.55. The molecule has 0 saturated carbocycles. The summed E-state index contributed by atoms with van der Waals surface area (Å²) in [5.41, 5.74) is 4.60. The van der Waals surface area contributed by atoms with Crippen LogP contribution in [0.5, 0.6) is 0 Å². The van der Waals surface area contributed by atoms with Crippen molar-refractivity contribution in [1.82, 2.24) is 0 Å². The first-order valence-corrected chi connectivity index (χ1v) is 9.43. The van der Waals surface area contributed by atoms with Crippen LogP contribution in [-0.2, 0) is 0 Å². The van der Waals surface area contributed by atoms with Crippen LogP contribution in [0.2, 0.25) is 13.7 Å². The number of thiophene rings is 1. The predicted octanol–water partition coefficient (Wildman–Crippen LogP) is 7.53. The lowest BCUT2D eigenvalue weighted by atomic mass is 10.1. The summed E-state index contributed by atoms with van der Waals surface area (Å²) in [6.07, 6.45) is 0. The number of hydrogen-bond donors (Lipinski definition) is 1. The molecule has 1 heterocycles. The third-order valence-electron chi connectivity index (χ3n) is 3.54. The average Bonchev–Trinajstić information content (AvgIpc) is 2.88. The molecule has 0 radical (unpaired) electrons. The normalized spacial score (nSPS) is 10.7. The fraction of sp³-hybridized carbons (Fsp3) is 0.0556. The smallest absolute Gasteiger partial charge is 0.103 e. The van der Waals surface area contributed by atoms with E-state index in [4.69, 9.17) is 47.0 Å². The summed E-state index contributed by atoms with van der Waals surface area (Å²) in [5.74, 6) is 0. The minimum atomic E-state index is 0.567. The van der Waals surface area contributed by atoms with E-state index in [1.807, 2.05) is 36.4 Å². The number of para-hydroxylation sites is 1. The first-order chi connectivity index (χ1) is 11.5. The standard InChI is InChI=1S/C18H12Cl3NS2/c1-10-4-2-3-5-15(10)22-11-6-7-12(14(19)8-11)17(23)13-9-16(20)24-18(13)21/h2-9,22H,1H3. The van der Waals surface area contributed by atoms with E-state index in [1.54, 1.807) is 6.07 Å². The van der Waals surface area contributed by atoms with Gasteiger partial charge in [0.05, 0.1) is 14.2 Å². The molecule has 0 aliphatic carbocycles. The molecule has 1 N–H and O–H groups in total. The van der Waals surface area contributed by atoms with E-state index in [0.29, 0.717) is 18.6 Å². The monoisotopic (exact) mass is 411 g/mol. The topological polar surface area (TPSA) is 12.0 Å². The van der Waals surface area contributed by atoms with Crippen molar-refractivity contribution >= 4 is 74.6 Å². The van der Waals surface area contributed by atoms with Gasteiger partial charge in [-0.3, -0.25) is 0 Å². The fourth-order valence-electron chi connectivity index (χ4n) is 2.29. The minimum absolute atomic E-state index is 0.567. The Labute approximate surface area is 165 Å². The van der Waals surface area contributed by atoms with Crippen LogP contribution in [0.15, 0.2) is 48.5 Å². The highest BCUT2D eigenvalue weighted by Gasteiger charge is 2.15. The van der Waals surface area contributed by atoms with Crippen molar-refractivity contribution in [3.05, 3.63) is 78.9 Å². The zero-order chi connectivity index (χ0) is 17.3. The van der Waals surface area contributed by atoms with Gasteiger partial charge in [0.15, 0.2) is 0 Å². The van der Waals surface area contributed by atoms with Crippen molar-refractivity contribution in [1.29, 1.82) is 0 Å². The van der Waals surface area contributed by atoms with Gasteiger partial charge in [-0.2, -0.15) is 0 Å². The molecule has 0 aliphatic rings. The van der Waals surface area contributed by atoms with Crippen molar-refractivity contribution in [2.45, 2.75) is 6.92 Å². The molecule has 1 aromatic heterocycles. The van der Waals surface area contributed by atoms with Gasteiger partial charge in [0, 0.05) is 22.5 Å². The van der Waals surface area contributed by atoms with Crippen LogP contribution in [0.1, 0.15) is 16.7 Å². The Balaban J connectivity index is 1.89. The molecular formula is C18H12Cl3NS2. The van der Waals surface area contributed by atoms with Gasteiger partial charge in [0.25, 0.3) is 0 Å². The molecule has 0 spiro atoms. The third kappa shape index (κ3) is 3.76. The molecule has 0 saturated heterocycles. The highest BCUT2D eigenvalue weighted by molar-refractivity contribution is 7.81. The molecular weight excluding hydrogens is 401 g/mol. The van der Waals surface area contributed by atoms with Crippen LogP contribution >= 0.6 is 58.4 Å². The predicted molar refractivity (Wildman–Crippen MR) is 111 cm³/mol. The molecule has 1 nitrogen and oxygen atoms in total. The molecule has 0 unspecified atom stereocenters. The SMILES string of the molecule is Cc1ccccc1Nc1ccc(C(=S)c2cc(Cl)sc2Cl)c(Cl)c1. The van der Waals surface area contributed by atoms with Crippen LogP contribution in [0.3, 0.4) is 0 Å². The van der Waals surface area contributed by atoms with Gasteiger partial charge in [-0.15, -0.1) is 11.3 Å². The molecule has 2 aromatic carbocycles. The lowest BCUT2D eigenvalue weighted by Crippen LogP contribution is -2.01. The van der Waals surface area contributed by atoms with Crippen LogP contribution in [0.25, 0.3) is 0 Å². The zero-order valence-corrected chi connectivity index (χ0v) is 16.5. The Morgan fingerprint density at radius 2 is 1.75 bits per heavy atom. The Kier molecular flexibility index (Phi) is 5.48. The number of rotatable bonds is 4. The van der Waals surface area contributed by atoms with E-state index in [2.05, 4.69) is 18.3 Å². The van der Waals surface area contributed by atoms with Gasteiger partial charge in [-0.1, -0.05) is 65.2 Å². The average molecular weight is 413 g/mol. The van der Waals surface area contributed by atoms with E-state index in [9.17, 15) is 0 Å². The summed E-state index contributed by atoms with van der Waals surface area (Å²) in [5, 5.41) is 3.93. The quantitative estimate of drug-likeness (QED) is 0.351. The molecule has 0 bridgehead atoms. The van der Waals surface area contributed by atoms with Gasteiger partial charge in [-0.25, -0.2) is 0 Å². The van der Waals surface area contributed by atoms with Crippen molar-refractivity contribution in [3.8, 4) is 0 Å². The minimum Gasteiger partial charge on any atom is -0.355 e. The molecule has 24 heavy (non-hydrogen) atoms. The second kappa shape index (κ2) is 7.42. The number of hydrogen-bond acceptors (Lipinski definition) is 3. The van der Waals surface area contributed by atoms with E-state index in [1.165, 1.54) is 11.3 Å². The van der Waals surface area contributed by atoms with Crippen LogP contribution in [0.4, 0.5) is 11.4 Å². The molecule has 3 aromatic rings. The van der Waals surface area contributed by atoms with E-state index < -0.39 is 0 Å². The Bertz CT molecular complexity index is 918. The summed E-state index contributed by atoms with van der Waals surface area (Å²) in [4.78, 5) is 0.593. The van der Waals surface area contributed by atoms with E-state index >= 15 is 0 Å². The summed E-state index contributed by atoms with van der Waals surface area (Å²) in [7, 11) is 0. The van der Waals surface area contributed by atoms with E-state index in [0.717, 1.165) is 28.1 Å². The third-order valence-corrected chi connectivity index (χ3v) is 5.78. The summed E-state index contributed by atoms with van der Waals surface area (Å²) < 4.78 is 1.18. The van der Waals surface area contributed by atoms with Crippen LogP contribution in [0, 0.1) is 6.92 Å². The zero-order valence-electron chi connectivity index (χ0n) is 12.6. The lowest BCUT2D eigenvalue weighted by molar-refractivity contribution is 1.43. The van der Waals surface area contributed by atoms with Crippen LogP contribution < -0.4 is 5.32 Å². The van der Waals surface area contributed by atoms with Gasteiger partial charge < -0.3 is 5.32 Å². The molecule has 0 aliphatic heterocycles. The summed E-state index contributed by atoms with van der Waals surface area (Å²) >= 11 is 25.4. The summed E-state index contributed by atoms with van der Waals surface area (Å²) in [6.45, 7) is 2.05. The Morgan fingerprint density at radius 1 is 1.00 bits per heavy atom. The number of anilines is 2. The maximum atomic E-state index is 6.44. The lowest BCUT2D eigenvalue weighted by Gasteiger charge is -2.12. The first-order valence-electron chi connectivity index (χ1n) is 7.07. The molecule has 3 rings (SSSR count). The largest absolute Gasteiger partial charge is 0.355 e. The highest BCUT2D eigenvalue weighted by Crippen LogP contribution is 2.35. The highest BCUT2D eigenvalue weighted by atomic mass is 35.5. The first kappa shape index (κ1) is 17.7. The number of nitrogens with one attached hydrogen (secondary N) is 1. The van der Waals surface area contributed by atoms with Gasteiger partial charge in [-0.05, 0) is 42.8 Å². The van der Waals surface area contributed by atoms with Gasteiger partial charge in [0.1, 0.15) is 4.34 Å². The maximum absolute atomic E-state index is 6.44. The van der Waals surface area contributed by atoms with Gasteiger partial charge in [0.2, 0.25) is 0 Å². The Hall–Kier alpha value is -1.10. The second-order valence-corrected chi connectivity index (χ2v) is 8.30. The molecule has 0 fully saturated rings. The van der Waals surface area contributed by atoms with Crippen molar-refractivity contribution in [2.75, 3.05) is 5.32 Å². The molecule has 0 atom stereocenters. The molecule has 6 heteroatoms. The number of halogens is 3. The Morgan fingerprint density at radius 3 is 2.38 bits per heavy atom. The van der Waals surface area contributed by atoms with E-state index in [-0.39, 0.29) is 0 Å². The number of benzene rings is 2. The molecule has 0 amide bonds. The van der Waals surface area contributed by atoms with Crippen molar-refractivity contribution < 1.29 is 0 Å².